The smallest absolute Gasteiger partial charge is 0.167 e. The van der Waals surface area contributed by atoms with E-state index < -0.39 is 11.9 Å². The van der Waals surface area contributed by atoms with Gasteiger partial charge >= 0.3 is 0 Å². The molecule has 18 heavy (non-hydrogen) atoms. The van der Waals surface area contributed by atoms with Crippen LogP contribution in [0.25, 0.3) is 0 Å². The van der Waals surface area contributed by atoms with Gasteiger partial charge < -0.3 is 25.2 Å². The molecule has 0 radical (unpaired) electrons. The zero-order valence-corrected chi connectivity index (χ0v) is 10.8. The predicted octanol–water partition coefficient (Wildman–Crippen LogP) is 0.860. The van der Waals surface area contributed by atoms with Crippen LogP contribution in [-0.4, -0.2) is 45.6 Å². The summed E-state index contributed by atoms with van der Waals surface area (Å²) in [5, 5.41) is 9.64. The molecule has 0 spiro atoms. The van der Waals surface area contributed by atoms with Gasteiger partial charge in [-0.25, -0.2) is 4.39 Å². The molecular weight excluding hydrogens is 239 g/mol. The number of anilines is 2. The largest absolute Gasteiger partial charge is 0.494 e. The van der Waals surface area contributed by atoms with Gasteiger partial charge in [-0.05, 0) is 0 Å². The molecule has 0 bridgehead atoms. The lowest BCUT2D eigenvalue weighted by molar-refractivity contribution is 0.0695. The fourth-order valence-corrected chi connectivity index (χ4v) is 1.70. The van der Waals surface area contributed by atoms with Gasteiger partial charge in [-0.3, -0.25) is 0 Å². The zero-order valence-electron chi connectivity index (χ0n) is 10.8. The summed E-state index contributed by atoms with van der Waals surface area (Å²) in [6.45, 7) is 0.551. The lowest BCUT2D eigenvalue weighted by atomic mass is 10.2. The summed E-state index contributed by atoms with van der Waals surface area (Å²) in [4.78, 5) is 1.72. The third-order valence-corrected chi connectivity index (χ3v) is 2.56. The molecule has 1 rings (SSSR count). The molecule has 1 atom stereocenters. The van der Waals surface area contributed by atoms with Crippen molar-refractivity contribution < 1.29 is 19.0 Å². The Morgan fingerprint density at radius 3 is 2.67 bits per heavy atom. The van der Waals surface area contributed by atoms with Crippen molar-refractivity contribution in [3.63, 3.8) is 0 Å². The van der Waals surface area contributed by atoms with Crippen LogP contribution in [0.1, 0.15) is 0 Å². The quantitative estimate of drug-likeness (QED) is 0.741. The number of hydrogen-bond donors (Lipinski definition) is 2. The number of halogens is 1. The number of nitrogens with two attached hydrogens (primary N) is 1. The molecule has 0 aliphatic carbocycles. The van der Waals surface area contributed by atoms with Gasteiger partial charge in [0.05, 0.1) is 31.2 Å². The molecule has 0 aliphatic heterocycles. The van der Waals surface area contributed by atoms with Gasteiger partial charge in [-0.1, -0.05) is 0 Å². The number of hydrogen-bond acceptors (Lipinski definition) is 5. The Bertz CT molecular complexity index is 401. The van der Waals surface area contributed by atoms with Gasteiger partial charge in [-0.2, -0.15) is 0 Å². The summed E-state index contributed by atoms with van der Waals surface area (Å²) in [5.74, 6) is -0.392. The Morgan fingerprint density at radius 2 is 2.11 bits per heavy atom. The highest BCUT2D eigenvalue weighted by molar-refractivity contribution is 5.69. The van der Waals surface area contributed by atoms with Crippen LogP contribution in [0.5, 0.6) is 5.75 Å². The van der Waals surface area contributed by atoms with Crippen LogP contribution in [0.3, 0.4) is 0 Å². The van der Waals surface area contributed by atoms with Crippen LogP contribution in [0, 0.1) is 5.82 Å². The second kappa shape index (κ2) is 6.42. The van der Waals surface area contributed by atoms with E-state index in [1.807, 2.05) is 0 Å². The van der Waals surface area contributed by atoms with Crippen molar-refractivity contribution in [2.24, 2.45) is 0 Å². The maximum atomic E-state index is 13.4. The molecule has 0 aromatic heterocycles. The summed E-state index contributed by atoms with van der Waals surface area (Å²) >= 11 is 0. The highest BCUT2D eigenvalue weighted by Gasteiger charge is 2.14. The normalized spacial score (nSPS) is 12.3. The number of rotatable bonds is 6. The Morgan fingerprint density at radius 1 is 1.44 bits per heavy atom. The molecule has 0 aliphatic rings. The second-order valence-corrected chi connectivity index (χ2v) is 4.04. The van der Waals surface area contributed by atoms with Gasteiger partial charge in [-0.15, -0.1) is 0 Å². The minimum atomic E-state index is -0.643. The zero-order chi connectivity index (χ0) is 13.7. The third-order valence-electron chi connectivity index (χ3n) is 2.56. The molecule has 3 N–H and O–H groups in total. The van der Waals surface area contributed by atoms with E-state index in [0.29, 0.717) is 17.9 Å². The fourth-order valence-electron chi connectivity index (χ4n) is 1.70. The van der Waals surface area contributed by atoms with E-state index in [4.69, 9.17) is 15.2 Å². The number of benzene rings is 1. The van der Waals surface area contributed by atoms with Crippen molar-refractivity contribution in [1.82, 2.24) is 0 Å². The molecule has 0 saturated heterocycles. The van der Waals surface area contributed by atoms with Gasteiger partial charge in [0.25, 0.3) is 0 Å². The van der Waals surface area contributed by atoms with E-state index >= 15 is 0 Å². The summed E-state index contributed by atoms with van der Waals surface area (Å²) in [6, 6.07) is 2.71. The first-order valence-corrected chi connectivity index (χ1v) is 5.50. The van der Waals surface area contributed by atoms with E-state index in [9.17, 15) is 9.50 Å². The maximum absolute atomic E-state index is 13.4. The molecule has 1 aromatic carbocycles. The number of aliphatic hydroxyl groups is 1. The Kier molecular flexibility index (Phi) is 5.18. The Hall–Kier alpha value is -1.53. The molecular formula is C12H19FN2O3. The molecule has 1 unspecified atom stereocenters. The lowest BCUT2D eigenvalue weighted by Crippen LogP contribution is -2.32. The number of ether oxygens (including phenoxy) is 2. The van der Waals surface area contributed by atoms with Crippen LogP contribution < -0.4 is 15.4 Å². The number of methoxy groups -OCH3 is 2. The first kappa shape index (κ1) is 14.5. The van der Waals surface area contributed by atoms with E-state index in [1.165, 1.54) is 26.4 Å². The summed E-state index contributed by atoms with van der Waals surface area (Å²) < 4.78 is 23.1. The van der Waals surface area contributed by atoms with Gasteiger partial charge in [0.1, 0.15) is 0 Å². The number of likely N-dealkylation sites (N-methyl/N-ethyl adjacent to an activating group) is 1. The monoisotopic (exact) mass is 258 g/mol. The molecule has 6 heteroatoms. The van der Waals surface area contributed by atoms with E-state index in [0.717, 1.165) is 0 Å². The molecule has 102 valence electrons. The Balaban J connectivity index is 2.87. The molecule has 1 aromatic rings. The van der Waals surface area contributed by atoms with Crippen LogP contribution in [0.15, 0.2) is 12.1 Å². The van der Waals surface area contributed by atoms with Crippen LogP contribution >= 0.6 is 0 Å². The van der Waals surface area contributed by atoms with Crippen LogP contribution in [-0.2, 0) is 4.74 Å². The fraction of sp³-hybridized carbons (Fsp3) is 0.500. The average Bonchev–Trinajstić information content (AvgIpc) is 2.29. The Labute approximate surface area is 106 Å². The highest BCUT2D eigenvalue weighted by Crippen LogP contribution is 2.30. The van der Waals surface area contributed by atoms with E-state index in [2.05, 4.69) is 0 Å². The van der Waals surface area contributed by atoms with Gasteiger partial charge in [0, 0.05) is 32.8 Å². The van der Waals surface area contributed by atoms with Crippen molar-refractivity contribution >= 4 is 11.4 Å². The number of aliphatic hydroxyl groups excluding tert-OH is 1. The first-order chi connectivity index (χ1) is 8.49. The van der Waals surface area contributed by atoms with Crippen molar-refractivity contribution in [3.05, 3.63) is 17.9 Å². The van der Waals surface area contributed by atoms with Gasteiger partial charge in [0.15, 0.2) is 11.6 Å². The van der Waals surface area contributed by atoms with Crippen molar-refractivity contribution in [1.29, 1.82) is 0 Å². The minimum absolute atomic E-state index is 0.118. The number of nitrogen functional groups attached to an aromatic ring is 1. The summed E-state index contributed by atoms with van der Waals surface area (Å²) in [5.41, 5.74) is 6.64. The van der Waals surface area contributed by atoms with Crippen molar-refractivity contribution in [2.45, 2.75) is 6.10 Å². The summed E-state index contributed by atoms with van der Waals surface area (Å²) in [7, 11) is 4.65. The molecule has 0 fully saturated rings. The summed E-state index contributed by atoms with van der Waals surface area (Å²) in [6.07, 6.45) is -0.643. The first-order valence-electron chi connectivity index (χ1n) is 5.50. The standard InChI is InChI=1S/C12H19FN2O3/c1-15(6-8(16)7-17-2)11-5-12(18-3)9(13)4-10(11)14/h4-5,8,16H,6-7,14H2,1-3H3. The highest BCUT2D eigenvalue weighted by atomic mass is 19.1. The van der Waals surface area contributed by atoms with Crippen LogP contribution in [0.4, 0.5) is 15.8 Å². The topological polar surface area (TPSA) is 68.0 Å². The second-order valence-electron chi connectivity index (χ2n) is 4.04. The van der Waals surface area contributed by atoms with Crippen molar-refractivity contribution in [3.8, 4) is 5.75 Å². The number of nitrogens with zero attached hydrogens (tertiary/aromatic N) is 1. The molecule has 0 saturated carbocycles. The predicted molar refractivity (Wildman–Crippen MR) is 68.5 cm³/mol. The average molecular weight is 258 g/mol. The maximum Gasteiger partial charge on any atom is 0.167 e. The molecule has 0 amide bonds. The SMILES string of the molecule is COCC(O)CN(C)c1cc(OC)c(F)cc1N. The minimum Gasteiger partial charge on any atom is -0.494 e. The third kappa shape index (κ3) is 3.48. The van der Waals surface area contributed by atoms with E-state index in [-0.39, 0.29) is 12.4 Å². The van der Waals surface area contributed by atoms with Crippen molar-refractivity contribution in [2.75, 3.05) is 45.1 Å². The lowest BCUT2D eigenvalue weighted by Gasteiger charge is -2.24. The van der Waals surface area contributed by atoms with E-state index in [1.54, 1.807) is 11.9 Å². The van der Waals surface area contributed by atoms with Gasteiger partial charge in [0.2, 0.25) is 0 Å². The molecule has 0 heterocycles. The van der Waals surface area contributed by atoms with Crippen LogP contribution in [0.2, 0.25) is 0 Å². The molecule has 5 nitrogen and oxygen atoms in total.